The second-order valence-electron chi connectivity index (χ2n) is 8.11. The van der Waals surface area contributed by atoms with Crippen molar-refractivity contribution < 1.29 is 4.79 Å². The van der Waals surface area contributed by atoms with E-state index in [-0.39, 0.29) is 11.9 Å². The zero-order valence-electron chi connectivity index (χ0n) is 16.4. The molecule has 2 unspecified atom stereocenters. The van der Waals surface area contributed by atoms with Crippen LogP contribution < -0.4 is 16.0 Å². The highest BCUT2D eigenvalue weighted by Crippen LogP contribution is 2.45. The molecule has 2 aliphatic rings. The van der Waals surface area contributed by atoms with Crippen molar-refractivity contribution in [2.24, 2.45) is 15.7 Å². The Morgan fingerprint density at radius 3 is 2.35 bits per heavy atom. The number of hydrogen-bond acceptors (Lipinski definition) is 5. The van der Waals surface area contributed by atoms with E-state index in [0.717, 1.165) is 21.8 Å². The number of fused-ring (bicyclic) bond motifs is 3. The van der Waals surface area contributed by atoms with Crippen molar-refractivity contribution in [2.75, 3.05) is 4.90 Å². The van der Waals surface area contributed by atoms with Crippen LogP contribution in [-0.4, -0.2) is 30.4 Å². The summed E-state index contributed by atoms with van der Waals surface area (Å²) in [7, 11) is 0. The normalized spacial score (nSPS) is 20.7. The first-order valence-corrected chi connectivity index (χ1v) is 10.2. The molecule has 0 radical (unpaired) electrons. The highest BCUT2D eigenvalue weighted by molar-refractivity contribution is 6.34. The lowest BCUT2D eigenvalue weighted by Crippen LogP contribution is -2.56. The van der Waals surface area contributed by atoms with Gasteiger partial charge in [-0.3, -0.25) is 10.1 Å². The molecule has 5 aromatic rings. The molecule has 2 heterocycles. The molecule has 6 nitrogen and oxygen atoms in total. The molecule has 0 spiro atoms. The van der Waals surface area contributed by atoms with Gasteiger partial charge in [-0.15, -0.1) is 0 Å². The van der Waals surface area contributed by atoms with E-state index >= 15 is 0 Å². The zero-order chi connectivity index (χ0) is 20.7. The van der Waals surface area contributed by atoms with Gasteiger partial charge in [0.05, 0.1) is 12.0 Å². The van der Waals surface area contributed by atoms with Crippen LogP contribution in [-0.2, 0) is 4.79 Å². The molecule has 0 aromatic heterocycles. The number of nitrogens with zero attached hydrogens (tertiary/aromatic N) is 3. The lowest BCUT2D eigenvalue weighted by atomic mass is 9.89. The van der Waals surface area contributed by atoms with Crippen LogP contribution in [0.2, 0.25) is 0 Å². The zero-order valence-corrected chi connectivity index (χ0v) is 16.4. The van der Waals surface area contributed by atoms with Gasteiger partial charge in [-0.2, -0.15) is 0 Å². The van der Waals surface area contributed by atoms with E-state index in [1.165, 1.54) is 26.9 Å². The number of amides is 1. The summed E-state index contributed by atoms with van der Waals surface area (Å²) in [6.45, 7) is 0. The average molecular weight is 403 g/mol. The van der Waals surface area contributed by atoms with Crippen LogP contribution in [0, 0.1) is 0 Å². The summed E-state index contributed by atoms with van der Waals surface area (Å²) >= 11 is 0. The van der Waals surface area contributed by atoms with E-state index in [1.807, 2.05) is 11.0 Å². The number of benzene rings is 5. The molecular formula is C25H17N5O. The minimum atomic E-state index is -0.561. The maximum atomic E-state index is 12.9. The van der Waals surface area contributed by atoms with E-state index in [4.69, 9.17) is 5.73 Å². The van der Waals surface area contributed by atoms with Gasteiger partial charge in [-0.1, -0.05) is 66.7 Å². The largest absolute Gasteiger partial charge is 0.370 e. The fourth-order valence-electron chi connectivity index (χ4n) is 5.23. The summed E-state index contributed by atoms with van der Waals surface area (Å²) in [6.07, 6.45) is 1.20. The molecular weight excluding hydrogens is 386 g/mol. The number of guanidine groups is 1. The fourth-order valence-corrected chi connectivity index (χ4v) is 5.23. The van der Waals surface area contributed by atoms with Crippen LogP contribution in [0.15, 0.2) is 76.7 Å². The van der Waals surface area contributed by atoms with Crippen molar-refractivity contribution in [1.29, 1.82) is 0 Å². The molecule has 2 atom stereocenters. The number of aliphatic imine (C=N–C) groups is 2. The Morgan fingerprint density at radius 1 is 0.806 bits per heavy atom. The standard InChI is InChI=1S/C25H17N5O/c26-25-28-23-22(24(31)29-25)30(12-27-23)21-17-7-2-1-6-15(17)16-10-8-13-4-3-5-14-9-11-18(21)20(16)19(13)14/h1-12,22-23H,(H3,26,28,29,31). The monoisotopic (exact) mass is 403 g/mol. The van der Waals surface area contributed by atoms with Crippen LogP contribution in [0.25, 0.3) is 43.1 Å². The minimum absolute atomic E-state index is 0.116. The molecule has 6 heteroatoms. The third kappa shape index (κ3) is 2.08. The number of rotatable bonds is 1. The van der Waals surface area contributed by atoms with Gasteiger partial charge in [0.25, 0.3) is 5.91 Å². The van der Waals surface area contributed by atoms with Gasteiger partial charge in [0.15, 0.2) is 18.2 Å². The topological polar surface area (TPSA) is 83.1 Å². The van der Waals surface area contributed by atoms with Crippen LogP contribution in [0.4, 0.5) is 5.69 Å². The summed E-state index contributed by atoms with van der Waals surface area (Å²) in [4.78, 5) is 23.7. The first-order valence-electron chi connectivity index (χ1n) is 10.2. The van der Waals surface area contributed by atoms with E-state index in [9.17, 15) is 4.79 Å². The molecule has 0 bridgehead atoms. The van der Waals surface area contributed by atoms with Gasteiger partial charge in [-0.25, -0.2) is 9.98 Å². The molecule has 5 aromatic carbocycles. The van der Waals surface area contributed by atoms with Crippen molar-refractivity contribution in [1.82, 2.24) is 5.32 Å². The van der Waals surface area contributed by atoms with E-state index in [1.54, 1.807) is 6.34 Å². The summed E-state index contributed by atoms with van der Waals surface area (Å²) in [6, 6.07) is 22.9. The number of carbonyl (C=O) groups is 1. The maximum absolute atomic E-state index is 12.9. The number of anilines is 1. The second kappa shape index (κ2) is 5.70. The first kappa shape index (κ1) is 16.6. The lowest BCUT2D eigenvalue weighted by Gasteiger charge is -2.30. The molecule has 148 valence electrons. The van der Waals surface area contributed by atoms with Crippen molar-refractivity contribution in [3.63, 3.8) is 0 Å². The van der Waals surface area contributed by atoms with Gasteiger partial charge in [-0.05, 0) is 26.9 Å². The Labute approximate surface area is 177 Å². The molecule has 0 saturated heterocycles. The van der Waals surface area contributed by atoms with Gasteiger partial charge in [0.2, 0.25) is 0 Å². The van der Waals surface area contributed by atoms with E-state index < -0.39 is 12.2 Å². The lowest BCUT2D eigenvalue weighted by molar-refractivity contribution is -0.121. The Hall–Kier alpha value is -4.19. The van der Waals surface area contributed by atoms with Crippen LogP contribution >= 0.6 is 0 Å². The van der Waals surface area contributed by atoms with Gasteiger partial charge < -0.3 is 10.6 Å². The van der Waals surface area contributed by atoms with Gasteiger partial charge in [0, 0.05) is 16.2 Å². The molecule has 0 saturated carbocycles. The summed E-state index contributed by atoms with van der Waals surface area (Å²) in [5.74, 6) is -0.0738. The summed E-state index contributed by atoms with van der Waals surface area (Å²) in [5, 5.41) is 12.1. The quantitative estimate of drug-likeness (QED) is 0.331. The molecule has 0 fully saturated rings. The Morgan fingerprint density at radius 2 is 1.55 bits per heavy atom. The fraction of sp³-hybridized carbons (Fsp3) is 0.0800. The molecule has 1 amide bonds. The van der Waals surface area contributed by atoms with Crippen LogP contribution in [0.3, 0.4) is 0 Å². The Balaban J connectivity index is 1.64. The smallest absolute Gasteiger partial charge is 0.254 e. The highest BCUT2D eigenvalue weighted by atomic mass is 16.2. The Kier molecular flexibility index (Phi) is 3.05. The third-order valence-electron chi connectivity index (χ3n) is 6.48. The Bertz CT molecular complexity index is 1600. The highest BCUT2D eigenvalue weighted by Gasteiger charge is 2.41. The van der Waals surface area contributed by atoms with Crippen LogP contribution in [0.5, 0.6) is 0 Å². The second-order valence-corrected chi connectivity index (χ2v) is 8.11. The van der Waals surface area contributed by atoms with Crippen molar-refractivity contribution in [3.8, 4) is 0 Å². The molecule has 7 rings (SSSR count). The van der Waals surface area contributed by atoms with E-state index in [2.05, 4.69) is 76.0 Å². The molecule has 2 aliphatic heterocycles. The summed E-state index contributed by atoms with van der Waals surface area (Å²) in [5.41, 5.74) is 6.75. The van der Waals surface area contributed by atoms with Crippen molar-refractivity contribution in [3.05, 3.63) is 66.7 Å². The summed E-state index contributed by atoms with van der Waals surface area (Å²) < 4.78 is 0. The molecule has 31 heavy (non-hydrogen) atoms. The number of carbonyl (C=O) groups excluding carboxylic acids is 1. The first-order chi connectivity index (χ1) is 15.2. The van der Waals surface area contributed by atoms with E-state index in [0.29, 0.717) is 0 Å². The SMILES string of the molecule is NC1=NC2N=CN(c3c4ccccc4c4ccc5cccc6ccc3c4c65)C2C(=O)N1. The molecule has 3 N–H and O–H groups in total. The van der Waals surface area contributed by atoms with Crippen LogP contribution in [0.1, 0.15) is 0 Å². The number of nitrogens with two attached hydrogens (primary N) is 1. The molecule has 0 aliphatic carbocycles. The predicted molar refractivity (Wildman–Crippen MR) is 126 cm³/mol. The van der Waals surface area contributed by atoms with Gasteiger partial charge >= 0.3 is 0 Å². The minimum Gasteiger partial charge on any atom is -0.370 e. The van der Waals surface area contributed by atoms with Crippen molar-refractivity contribution in [2.45, 2.75) is 12.2 Å². The number of nitrogens with one attached hydrogen (secondary N) is 1. The predicted octanol–water partition coefficient (Wildman–Crippen LogP) is 3.72. The average Bonchev–Trinajstić information content (AvgIpc) is 3.20. The van der Waals surface area contributed by atoms with Gasteiger partial charge in [0.1, 0.15) is 0 Å². The van der Waals surface area contributed by atoms with Crippen molar-refractivity contribution >= 4 is 67.0 Å². The number of hydrogen-bond donors (Lipinski definition) is 2. The maximum Gasteiger partial charge on any atom is 0.254 e. The third-order valence-corrected chi connectivity index (χ3v) is 6.48.